The Morgan fingerprint density at radius 1 is 0.917 bits per heavy atom. The molecule has 4 aromatic rings. The number of carbonyl (C=O) groups is 4. The molecule has 3 aliphatic rings. The molecule has 3 N–H and O–H groups in total. The van der Waals surface area contributed by atoms with Gasteiger partial charge in [0.15, 0.2) is 6.61 Å². The molecule has 3 aliphatic heterocycles. The van der Waals surface area contributed by atoms with Crippen LogP contribution in [-0.2, 0) is 16.1 Å². The number of nitrogens with one attached hydrogen (secondary N) is 3. The monoisotopic (exact) mass is 690 g/mol. The molecule has 0 aliphatic carbocycles. The molecule has 246 valence electrons. The van der Waals surface area contributed by atoms with Crippen molar-refractivity contribution in [2.75, 3.05) is 26.2 Å². The minimum absolute atomic E-state index is 0.0356. The molecule has 2 atom stereocenters. The van der Waals surface area contributed by atoms with E-state index in [1.807, 2.05) is 0 Å². The van der Waals surface area contributed by atoms with Crippen molar-refractivity contribution >= 4 is 46.8 Å². The van der Waals surface area contributed by atoms with Crippen molar-refractivity contribution in [2.45, 2.75) is 18.7 Å². The molecule has 13 heteroatoms. The van der Waals surface area contributed by atoms with Crippen molar-refractivity contribution < 1.29 is 33.0 Å². The second kappa shape index (κ2) is 14.3. The summed E-state index contributed by atoms with van der Waals surface area (Å²) in [5.41, 5.74) is 1.93. The Kier molecular flexibility index (Phi) is 9.79. The average molecular weight is 692 g/mol. The van der Waals surface area contributed by atoms with Gasteiger partial charge in [-0.15, -0.1) is 0 Å². The van der Waals surface area contributed by atoms with Gasteiger partial charge in [0.1, 0.15) is 23.4 Å². The van der Waals surface area contributed by atoms with E-state index in [0.29, 0.717) is 27.6 Å². The topological polar surface area (TPSA) is 126 Å². The van der Waals surface area contributed by atoms with Gasteiger partial charge in [-0.1, -0.05) is 53.5 Å². The maximum atomic E-state index is 15.1. The van der Waals surface area contributed by atoms with Crippen molar-refractivity contribution in [1.29, 1.82) is 0 Å². The Hall–Kier alpha value is -5.13. The second-order valence-corrected chi connectivity index (χ2v) is 12.1. The molecule has 0 aromatic heterocycles. The van der Waals surface area contributed by atoms with E-state index >= 15 is 4.39 Å². The van der Waals surface area contributed by atoms with Crippen LogP contribution >= 0.6 is 23.2 Å². The van der Waals surface area contributed by atoms with Gasteiger partial charge in [-0.05, 0) is 71.3 Å². The lowest BCUT2D eigenvalue weighted by molar-refractivity contribution is -0.129. The number of carbonyl (C=O) groups excluding carboxylic acids is 4. The Morgan fingerprint density at radius 2 is 1.71 bits per heavy atom. The summed E-state index contributed by atoms with van der Waals surface area (Å²) in [7, 11) is 0. The lowest BCUT2D eigenvalue weighted by Crippen LogP contribution is -2.45. The van der Waals surface area contributed by atoms with Crippen LogP contribution in [-0.4, -0.2) is 66.9 Å². The fraction of sp³-hybridized carbons (Fsp3) is 0.200. The highest BCUT2D eigenvalue weighted by Crippen LogP contribution is 2.27. The number of rotatable bonds is 3. The molecule has 48 heavy (non-hydrogen) atoms. The highest BCUT2D eigenvalue weighted by Gasteiger charge is 2.38. The lowest BCUT2D eigenvalue weighted by Gasteiger charge is -2.21. The molecule has 0 unspecified atom stereocenters. The van der Waals surface area contributed by atoms with E-state index in [9.17, 15) is 19.2 Å². The van der Waals surface area contributed by atoms with E-state index in [4.69, 9.17) is 32.7 Å². The number of benzene rings is 4. The number of likely N-dealkylation sites (tertiary alicyclic amines) is 1. The molecule has 4 amide bonds. The fourth-order valence-corrected chi connectivity index (χ4v) is 5.80. The lowest BCUT2D eigenvalue weighted by atomic mass is 10.0. The summed E-state index contributed by atoms with van der Waals surface area (Å²) in [6.07, 6.45) is -0.716. The largest absolute Gasteiger partial charge is 0.486 e. The van der Waals surface area contributed by atoms with E-state index < -0.39 is 35.7 Å². The Morgan fingerprint density at radius 3 is 2.52 bits per heavy atom. The van der Waals surface area contributed by atoms with Crippen LogP contribution in [0, 0.1) is 5.82 Å². The fourth-order valence-electron chi connectivity index (χ4n) is 5.42. The number of nitrogens with zero attached hydrogens (tertiary/aromatic N) is 1. The molecule has 4 aromatic carbocycles. The highest BCUT2D eigenvalue weighted by atomic mass is 35.5. The molecular formula is C35H29Cl2FN4O6. The van der Waals surface area contributed by atoms with Gasteiger partial charge in [0.2, 0.25) is 5.91 Å². The SMILES string of the molecule is O=C1COc2cccc(c2)-c2ccc(F)c(c2)C(=O)N[C@H]2CN(C(=O)CNC(=O)c3cc(Cl)ccc3Cl)C[C@@H]2Oc2ccc(cc2)CN1. The third kappa shape index (κ3) is 7.70. The van der Waals surface area contributed by atoms with E-state index in [-0.39, 0.29) is 54.8 Å². The van der Waals surface area contributed by atoms with E-state index in [0.717, 1.165) is 5.56 Å². The van der Waals surface area contributed by atoms with Crippen LogP contribution in [0.3, 0.4) is 0 Å². The zero-order valence-electron chi connectivity index (χ0n) is 25.3. The van der Waals surface area contributed by atoms with Gasteiger partial charge in [0.05, 0.1) is 35.3 Å². The van der Waals surface area contributed by atoms with Gasteiger partial charge in [-0.25, -0.2) is 4.39 Å². The molecule has 6 bridgehead atoms. The van der Waals surface area contributed by atoms with Crippen molar-refractivity contribution in [2.24, 2.45) is 0 Å². The summed E-state index contributed by atoms with van der Waals surface area (Å²) >= 11 is 12.1. The maximum absolute atomic E-state index is 15.1. The van der Waals surface area contributed by atoms with Gasteiger partial charge in [0, 0.05) is 18.1 Å². The van der Waals surface area contributed by atoms with Crippen LogP contribution in [0.1, 0.15) is 26.3 Å². The van der Waals surface area contributed by atoms with Crippen molar-refractivity contribution in [3.63, 3.8) is 0 Å². The summed E-state index contributed by atoms with van der Waals surface area (Å²) in [4.78, 5) is 53.5. The van der Waals surface area contributed by atoms with Crippen molar-refractivity contribution in [3.05, 3.63) is 117 Å². The number of fused-ring (bicyclic) bond motifs is 7. The quantitative estimate of drug-likeness (QED) is 0.288. The predicted octanol–water partition coefficient (Wildman–Crippen LogP) is 4.63. The van der Waals surface area contributed by atoms with Crippen LogP contribution < -0.4 is 25.4 Å². The second-order valence-electron chi connectivity index (χ2n) is 11.3. The summed E-state index contributed by atoms with van der Waals surface area (Å²) in [6.45, 7) is -0.192. The highest BCUT2D eigenvalue weighted by molar-refractivity contribution is 6.35. The van der Waals surface area contributed by atoms with Gasteiger partial charge in [-0.2, -0.15) is 0 Å². The van der Waals surface area contributed by atoms with Gasteiger partial charge < -0.3 is 30.3 Å². The minimum Gasteiger partial charge on any atom is -0.486 e. The van der Waals surface area contributed by atoms with Crippen molar-refractivity contribution in [3.8, 4) is 22.6 Å². The van der Waals surface area contributed by atoms with E-state index in [1.54, 1.807) is 60.7 Å². The Balaban J connectivity index is 1.25. The normalized spacial score (nSPS) is 17.7. The minimum atomic E-state index is -0.733. The van der Waals surface area contributed by atoms with Gasteiger partial charge >= 0.3 is 0 Å². The van der Waals surface area contributed by atoms with Gasteiger partial charge in [0.25, 0.3) is 17.7 Å². The van der Waals surface area contributed by atoms with Crippen molar-refractivity contribution in [1.82, 2.24) is 20.9 Å². The van der Waals surface area contributed by atoms with E-state index in [2.05, 4.69) is 16.0 Å². The van der Waals surface area contributed by atoms with Crippen LogP contribution in [0.15, 0.2) is 84.9 Å². The van der Waals surface area contributed by atoms with Crippen LogP contribution in [0.4, 0.5) is 4.39 Å². The number of ether oxygens (including phenoxy) is 2. The number of hydrogen-bond donors (Lipinski definition) is 3. The summed E-state index contributed by atoms with van der Waals surface area (Å²) in [6, 6.07) is 21.8. The molecular weight excluding hydrogens is 662 g/mol. The predicted molar refractivity (Wildman–Crippen MR) is 177 cm³/mol. The molecule has 0 spiro atoms. The third-order valence-corrected chi connectivity index (χ3v) is 8.52. The first-order valence-corrected chi connectivity index (χ1v) is 15.8. The summed E-state index contributed by atoms with van der Waals surface area (Å²) in [5.74, 6) is -1.87. The zero-order valence-corrected chi connectivity index (χ0v) is 26.8. The molecule has 7 rings (SSSR count). The maximum Gasteiger partial charge on any atom is 0.258 e. The van der Waals surface area contributed by atoms with Gasteiger partial charge in [-0.3, -0.25) is 19.2 Å². The van der Waals surface area contributed by atoms with Crippen LogP contribution in [0.25, 0.3) is 11.1 Å². The van der Waals surface area contributed by atoms with Crippen LogP contribution in [0.2, 0.25) is 10.0 Å². The Bertz CT molecular complexity index is 1890. The molecule has 10 nitrogen and oxygen atoms in total. The molecule has 0 radical (unpaired) electrons. The number of halogens is 3. The van der Waals surface area contributed by atoms with Crippen LogP contribution in [0.5, 0.6) is 11.5 Å². The number of hydrogen-bond acceptors (Lipinski definition) is 6. The molecule has 0 saturated carbocycles. The summed E-state index contributed by atoms with van der Waals surface area (Å²) in [5, 5.41) is 8.73. The van der Waals surface area contributed by atoms with E-state index in [1.165, 1.54) is 29.2 Å². The standard InChI is InChI=1S/C35H29Cl2FN4O6/c36-23-7-10-28(37)26(14-23)34(45)40-16-33(44)42-17-30-31(18-42)48-24-8-4-20(5-9-24)15-39-32(43)19-47-25-3-1-2-21(12-25)22-6-11-29(38)27(13-22)35(46)41-30/h1-14,30-31H,15-19H2,(H,39,43)(H,40,45)(H,41,46)/t30-,31-/m0/s1. The first kappa shape index (κ1) is 32.8. The Labute approximate surface area is 285 Å². The molecule has 1 saturated heterocycles. The molecule has 1 fully saturated rings. The average Bonchev–Trinajstić information content (AvgIpc) is 3.48. The molecule has 3 heterocycles. The third-order valence-electron chi connectivity index (χ3n) is 7.96. The number of amides is 4. The smallest absolute Gasteiger partial charge is 0.258 e. The first-order chi connectivity index (χ1) is 23.1. The summed E-state index contributed by atoms with van der Waals surface area (Å²) < 4.78 is 27.0. The first-order valence-electron chi connectivity index (χ1n) is 15.0. The zero-order chi connectivity index (χ0) is 33.8.